The van der Waals surface area contributed by atoms with Gasteiger partial charge in [-0.2, -0.15) is 0 Å². The van der Waals surface area contributed by atoms with E-state index in [1.54, 1.807) is 22.6 Å². The fourth-order valence-electron chi connectivity index (χ4n) is 2.51. The maximum Gasteiger partial charge on any atom is 0.303 e. The van der Waals surface area contributed by atoms with E-state index < -0.39 is 68.3 Å². The Morgan fingerprint density at radius 1 is 0.794 bits per heavy atom. The predicted molar refractivity (Wildman–Crippen MR) is 145 cm³/mol. The molecular weight excluding hydrogens is 795 g/mol. The Morgan fingerprint density at radius 2 is 1.18 bits per heavy atom. The van der Waals surface area contributed by atoms with Gasteiger partial charge in [-0.25, -0.2) is 0 Å². The molecule has 0 aliphatic carbocycles. The second kappa shape index (κ2) is 14.6. The standard InChI is InChI=1S/C19H24I3N3O9/c1-7(34-8(2)30)17(31)25-16-14(21)11(18(32)23-9(3-26)4-27)13(20)12(15(16)22)19(33)24-10(5-28)6-29/h7,9-10,26-29H,3-6H2,1-2H3,(H,23,32)(H,24,33)(H,25,31). The molecule has 190 valence electrons. The van der Waals surface area contributed by atoms with Gasteiger partial charge in [0.05, 0.1) is 62.5 Å². The summed E-state index contributed by atoms with van der Waals surface area (Å²) in [5.41, 5.74) is 0.0623. The zero-order valence-corrected chi connectivity index (χ0v) is 24.5. The summed E-state index contributed by atoms with van der Waals surface area (Å²) in [4.78, 5) is 49.8. The number of hydrogen-bond acceptors (Lipinski definition) is 9. The van der Waals surface area contributed by atoms with Crippen LogP contribution in [-0.4, -0.2) is 88.7 Å². The molecular formula is C19H24I3N3O9. The lowest BCUT2D eigenvalue weighted by Crippen LogP contribution is -2.42. The zero-order chi connectivity index (χ0) is 26.2. The highest BCUT2D eigenvalue weighted by Crippen LogP contribution is 2.36. The summed E-state index contributed by atoms with van der Waals surface area (Å²) in [6.07, 6.45) is -1.17. The van der Waals surface area contributed by atoms with E-state index in [9.17, 15) is 39.6 Å². The number of nitrogens with one attached hydrogen (secondary N) is 3. The number of ether oxygens (including phenoxy) is 1. The highest BCUT2D eigenvalue weighted by atomic mass is 127. The van der Waals surface area contributed by atoms with Crippen LogP contribution in [0.4, 0.5) is 5.69 Å². The number of carbonyl (C=O) groups is 4. The van der Waals surface area contributed by atoms with Crippen LogP contribution in [0.3, 0.4) is 0 Å². The van der Waals surface area contributed by atoms with Gasteiger partial charge in [0, 0.05) is 10.5 Å². The molecule has 0 heterocycles. The van der Waals surface area contributed by atoms with E-state index in [0.29, 0.717) is 0 Å². The van der Waals surface area contributed by atoms with E-state index in [4.69, 9.17) is 4.74 Å². The largest absolute Gasteiger partial charge is 0.453 e. The molecule has 0 fully saturated rings. The van der Waals surface area contributed by atoms with Gasteiger partial charge in [-0.05, 0) is 74.7 Å². The number of anilines is 1. The Labute approximate surface area is 236 Å². The van der Waals surface area contributed by atoms with Crippen molar-refractivity contribution < 1.29 is 44.3 Å². The van der Waals surface area contributed by atoms with E-state index in [1.807, 2.05) is 45.2 Å². The third-order valence-electron chi connectivity index (χ3n) is 4.28. The number of aliphatic hydroxyl groups excluding tert-OH is 4. The van der Waals surface area contributed by atoms with Crippen LogP contribution in [0.25, 0.3) is 0 Å². The minimum absolute atomic E-state index is 0.0151. The maximum atomic E-state index is 13.0. The predicted octanol–water partition coefficient (Wildman–Crippen LogP) is -0.444. The molecule has 0 saturated carbocycles. The molecule has 1 atom stereocenters. The van der Waals surface area contributed by atoms with Gasteiger partial charge in [-0.1, -0.05) is 0 Å². The van der Waals surface area contributed by atoms with E-state index in [2.05, 4.69) is 16.0 Å². The van der Waals surface area contributed by atoms with Crippen LogP contribution in [0.5, 0.6) is 0 Å². The van der Waals surface area contributed by atoms with Crippen LogP contribution in [0.1, 0.15) is 34.6 Å². The Morgan fingerprint density at radius 3 is 1.50 bits per heavy atom. The van der Waals surface area contributed by atoms with Gasteiger partial charge in [0.15, 0.2) is 6.10 Å². The second-order valence-corrected chi connectivity index (χ2v) is 10.1. The van der Waals surface area contributed by atoms with Crippen molar-refractivity contribution in [3.05, 3.63) is 21.8 Å². The molecule has 15 heteroatoms. The van der Waals surface area contributed by atoms with Gasteiger partial charge in [-0.15, -0.1) is 0 Å². The summed E-state index contributed by atoms with van der Waals surface area (Å²) in [6, 6.07) is -1.93. The first-order chi connectivity index (χ1) is 15.9. The quantitative estimate of drug-likeness (QED) is 0.115. The zero-order valence-electron chi connectivity index (χ0n) is 18.0. The highest BCUT2D eigenvalue weighted by molar-refractivity contribution is 14.1. The number of benzene rings is 1. The van der Waals surface area contributed by atoms with Crippen molar-refractivity contribution in [2.24, 2.45) is 0 Å². The molecule has 34 heavy (non-hydrogen) atoms. The SMILES string of the molecule is CC(=O)OC(C)C(=O)Nc1c(I)c(C(=O)NC(CO)CO)c(I)c(C(=O)NC(CO)CO)c1I. The second-order valence-electron chi connectivity index (χ2n) is 6.88. The van der Waals surface area contributed by atoms with E-state index in [0.717, 1.165) is 6.92 Å². The highest BCUT2D eigenvalue weighted by Gasteiger charge is 2.31. The first kappa shape index (κ1) is 31.2. The molecule has 0 saturated heterocycles. The van der Waals surface area contributed by atoms with E-state index in [-0.39, 0.29) is 27.5 Å². The molecule has 0 aromatic heterocycles. The number of carbonyl (C=O) groups excluding carboxylic acids is 4. The first-order valence-corrected chi connectivity index (χ1v) is 12.9. The molecule has 3 amide bonds. The molecule has 0 radical (unpaired) electrons. The molecule has 0 bridgehead atoms. The Hall–Kier alpha value is -0.870. The Balaban J connectivity index is 3.65. The van der Waals surface area contributed by atoms with Gasteiger partial charge >= 0.3 is 5.97 Å². The van der Waals surface area contributed by atoms with E-state index in [1.165, 1.54) is 6.92 Å². The smallest absolute Gasteiger partial charge is 0.303 e. The van der Waals surface area contributed by atoms with Crippen LogP contribution in [0.2, 0.25) is 0 Å². The minimum atomic E-state index is -1.17. The summed E-state index contributed by atoms with van der Waals surface area (Å²) in [5, 5.41) is 44.7. The van der Waals surface area contributed by atoms with Crippen molar-refractivity contribution in [1.29, 1.82) is 0 Å². The lowest BCUT2D eigenvalue weighted by atomic mass is 10.1. The fraction of sp³-hybridized carbons (Fsp3) is 0.474. The number of hydrogen-bond donors (Lipinski definition) is 7. The fourth-order valence-corrected chi connectivity index (χ4v) is 6.93. The van der Waals surface area contributed by atoms with Crippen LogP contribution in [0, 0.1) is 10.7 Å². The molecule has 1 rings (SSSR count). The topological polar surface area (TPSA) is 195 Å². The molecule has 7 N–H and O–H groups in total. The number of aliphatic hydroxyl groups is 4. The molecule has 0 aliphatic rings. The van der Waals surface area contributed by atoms with Gasteiger partial charge in [0.2, 0.25) is 0 Å². The first-order valence-electron chi connectivity index (χ1n) is 9.66. The van der Waals surface area contributed by atoms with Crippen LogP contribution in [-0.2, 0) is 14.3 Å². The third kappa shape index (κ3) is 8.08. The van der Waals surface area contributed by atoms with Crippen LogP contribution in [0.15, 0.2) is 0 Å². The van der Waals surface area contributed by atoms with Gasteiger partial charge < -0.3 is 41.1 Å². The molecule has 1 aromatic carbocycles. The summed E-state index contributed by atoms with van der Waals surface area (Å²) < 4.78 is 5.57. The Bertz CT molecular complexity index is 884. The lowest BCUT2D eigenvalue weighted by Gasteiger charge is -2.22. The van der Waals surface area contributed by atoms with Crippen molar-refractivity contribution in [2.45, 2.75) is 32.0 Å². The normalized spacial score (nSPS) is 11.9. The number of halogens is 3. The molecule has 0 spiro atoms. The van der Waals surface area contributed by atoms with Crippen molar-refractivity contribution in [3.8, 4) is 0 Å². The molecule has 1 aromatic rings. The Kier molecular flexibility index (Phi) is 13.4. The van der Waals surface area contributed by atoms with Gasteiger partial charge in [-0.3, -0.25) is 19.2 Å². The van der Waals surface area contributed by atoms with Crippen molar-refractivity contribution in [1.82, 2.24) is 10.6 Å². The summed E-state index contributed by atoms with van der Waals surface area (Å²) in [7, 11) is 0. The molecule has 12 nitrogen and oxygen atoms in total. The number of rotatable bonds is 11. The van der Waals surface area contributed by atoms with E-state index >= 15 is 0 Å². The van der Waals surface area contributed by atoms with Crippen molar-refractivity contribution >= 4 is 97.2 Å². The summed E-state index contributed by atoms with van der Waals surface area (Å²) in [6.45, 7) is 0.349. The lowest BCUT2D eigenvalue weighted by molar-refractivity contribution is -0.150. The monoisotopic (exact) mass is 819 g/mol. The minimum Gasteiger partial charge on any atom is -0.453 e. The van der Waals surface area contributed by atoms with Crippen molar-refractivity contribution in [3.63, 3.8) is 0 Å². The molecule has 1 unspecified atom stereocenters. The average molecular weight is 819 g/mol. The number of amides is 3. The van der Waals surface area contributed by atoms with Gasteiger partial charge in [0.25, 0.3) is 17.7 Å². The average Bonchev–Trinajstić information content (AvgIpc) is 2.77. The van der Waals surface area contributed by atoms with Crippen molar-refractivity contribution in [2.75, 3.05) is 31.7 Å². The van der Waals surface area contributed by atoms with Crippen LogP contribution < -0.4 is 16.0 Å². The molecule has 0 aliphatic heterocycles. The van der Waals surface area contributed by atoms with Gasteiger partial charge in [0.1, 0.15) is 0 Å². The number of esters is 1. The maximum absolute atomic E-state index is 13.0. The third-order valence-corrected chi connectivity index (χ3v) is 7.52. The summed E-state index contributed by atoms with van der Waals surface area (Å²) in [5.74, 6) is -2.83. The van der Waals surface area contributed by atoms with Crippen LogP contribution >= 0.6 is 67.8 Å². The summed E-state index contributed by atoms with van der Waals surface area (Å²) >= 11 is 5.40.